The van der Waals surface area contributed by atoms with Crippen LogP contribution in [0.4, 0.5) is 10.7 Å². The van der Waals surface area contributed by atoms with Crippen LogP contribution >= 0.6 is 0 Å². The number of nitrogens with one attached hydrogen (secondary N) is 1. The van der Waals surface area contributed by atoms with Crippen molar-refractivity contribution in [2.45, 2.75) is 64.3 Å². The molecule has 0 spiro atoms. The van der Waals surface area contributed by atoms with E-state index in [2.05, 4.69) is 10.2 Å². The van der Waals surface area contributed by atoms with Crippen molar-refractivity contribution in [3.63, 3.8) is 0 Å². The summed E-state index contributed by atoms with van der Waals surface area (Å²) in [4.78, 5) is 29.0. The summed E-state index contributed by atoms with van der Waals surface area (Å²) in [5, 5.41) is 2.98. The molecule has 192 valence electrons. The number of rotatable bonds is 5. The van der Waals surface area contributed by atoms with Gasteiger partial charge in [0, 0.05) is 25.3 Å². The topological polar surface area (TPSA) is 104 Å². The Bertz CT molecular complexity index is 1210. The molecular weight excluding hydrogens is 460 g/mol. The van der Waals surface area contributed by atoms with E-state index in [0.29, 0.717) is 12.5 Å². The predicted octanol–water partition coefficient (Wildman–Crippen LogP) is 4.30. The summed E-state index contributed by atoms with van der Waals surface area (Å²) in [5.74, 6) is 1.39. The van der Waals surface area contributed by atoms with E-state index in [4.69, 9.17) is 29.2 Å². The average Bonchev–Trinajstić information content (AvgIpc) is 3.50. The van der Waals surface area contributed by atoms with Gasteiger partial charge < -0.3 is 24.4 Å². The molecular formula is C26H34N6O4. The molecule has 0 bridgehead atoms. The van der Waals surface area contributed by atoms with Crippen LogP contribution in [0.25, 0.3) is 22.4 Å². The zero-order valence-corrected chi connectivity index (χ0v) is 21.4. The molecule has 3 aromatic rings. The van der Waals surface area contributed by atoms with Gasteiger partial charge in [0.05, 0.1) is 19.5 Å². The number of carbonyl (C=O) groups is 1. The van der Waals surface area contributed by atoms with E-state index in [-0.39, 0.29) is 12.3 Å². The van der Waals surface area contributed by atoms with Gasteiger partial charge in [0.15, 0.2) is 5.65 Å². The highest BCUT2D eigenvalue weighted by molar-refractivity contribution is 5.88. The third-order valence-electron chi connectivity index (χ3n) is 6.43. The fraction of sp³-hybridized carbons (Fsp3) is 0.538. The summed E-state index contributed by atoms with van der Waals surface area (Å²) in [6.07, 6.45) is 5.20. The third-order valence-corrected chi connectivity index (χ3v) is 6.43. The zero-order valence-electron chi connectivity index (χ0n) is 21.4. The molecule has 1 N–H and O–H groups in total. The van der Waals surface area contributed by atoms with Crippen molar-refractivity contribution in [1.82, 2.24) is 24.8 Å². The van der Waals surface area contributed by atoms with Crippen molar-refractivity contribution in [2.24, 2.45) is 0 Å². The molecule has 1 amide bonds. The predicted molar refractivity (Wildman–Crippen MR) is 136 cm³/mol. The highest BCUT2D eigenvalue weighted by Gasteiger charge is 2.29. The van der Waals surface area contributed by atoms with Crippen molar-refractivity contribution >= 4 is 23.2 Å². The van der Waals surface area contributed by atoms with Crippen molar-refractivity contribution in [2.75, 3.05) is 31.7 Å². The van der Waals surface area contributed by atoms with Crippen LogP contribution in [-0.2, 0) is 9.47 Å². The fourth-order valence-electron chi connectivity index (χ4n) is 4.68. The van der Waals surface area contributed by atoms with E-state index in [0.717, 1.165) is 67.0 Å². The Morgan fingerprint density at radius 2 is 1.94 bits per heavy atom. The van der Waals surface area contributed by atoms with Gasteiger partial charge in [-0.1, -0.05) is 0 Å². The maximum atomic E-state index is 12.3. The summed E-state index contributed by atoms with van der Waals surface area (Å²) in [6.45, 7) is 7.63. The Balaban J connectivity index is 1.47. The number of aromatic nitrogens is 4. The molecule has 0 saturated carbocycles. The van der Waals surface area contributed by atoms with E-state index in [9.17, 15) is 4.79 Å². The van der Waals surface area contributed by atoms with Crippen LogP contribution in [0.1, 0.15) is 52.7 Å². The van der Waals surface area contributed by atoms with Gasteiger partial charge in [-0.05, 0) is 70.7 Å². The van der Waals surface area contributed by atoms with Crippen LogP contribution in [0, 0.1) is 0 Å². The highest BCUT2D eigenvalue weighted by Crippen LogP contribution is 2.33. The molecule has 2 atom stereocenters. The Hall–Kier alpha value is -3.40. The molecule has 2 aliphatic rings. The lowest BCUT2D eigenvalue weighted by atomic mass is 10.1. The number of methoxy groups -OCH3 is 1. The minimum Gasteiger partial charge on any atom is -0.497 e. The maximum Gasteiger partial charge on any atom is 0.407 e. The largest absolute Gasteiger partial charge is 0.497 e. The quantitative estimate of drug-likeness (QED) is 0.560. The lowest BCUT2D eigenvalue weighted by Crippen LogP contribution is -2.40. The Labute approximate surface area is 211 Å². The molecule has 10 heteroatoms. The molecule has 2 aromatic heterocycles. The molecule has 36 heavy (non-hydrogen) atoms. The second-order valence-corrected chi connectivity index (χ2v) is 10.3. The molecule has 5 rings (SSSR count). The number of ether oxygens (including phenoxy) is 3. The number of alkyl carbamates (subject to hydrolysis) is 1. The van der Waals surface area contributed by atoms with Crippen molar-refractivity contribution < 1.29 is 19.0 Å². The van der Waals surface area contributed by atoms with Crippen molar-refractivity contribution in [3.8, 4) is 17.0 Å². The Kier molecular flexibility index (Phi) is 6.70. The van der Waals surface area contributed by atoms with E-state index < -0.39 is 11.7 Å². The van der Waals surface area contributed by atoms with Crippen LogP contribution < -0.4 is 15.0 Å². The van der Waals surface area contributed by atoms with Gasteiger partial charge in [-0.15, -0.1) is 0 Å². The average molecular weight is 495 g/mol. The SMILES string of the molecule is COc1ccc(-c2nc(N3CC[C@@H](NC(=O)OC(C)(C)C)C3)nc3c2ncn3C2CCCCO2)cc1. The van der Waals surface area contributed by atoms with Crippen LogP contribution in [0.15, 0.2) is 30.6 Å². The first-order valence-corrected chi connectivity index (χ1v) is 12.6. The molecule has 1 aromatic carbocycles. The summed E-state index contributed by atoms with van der Waals surface area (Å²) in [5.41, 5.74) is 2.64. The van der Waals surface area contributed by atoms with E-state index >= 15 is 0 Å². The molecule has 4 heterocycles. The van der Waals surface area contributed by atoms with Gasteiger partial charge in [0.2, 0.25) is 5.95 Å². The number of anilines is 1. The van der Waals surface area contributed by atoms with Crippen molar-refractivity contribution in [3.05, 3.63) is 30.6 Å². The standard InChI is InChI=1S/C26H34N6O4/c1-26(2,3)36-25(33)28-18-12-13-31(15-18)24-29-21(17-8-10-19(34-4)11-9-17)22-23(30-24)32(16-27-22)20-7-5-6-14-35-20/h8-11,16,18,20H,5-7,12-15H2,1-4H3,(H,28,33)/t18-,20?/m1/s1. The molecule has 0 aliphatic carbocycles. The second-order valence-electron chi connectivity index (χ2n) is 10.3. The normalized spacial score (nSPS) is 20.5. The van der Waals surface area contributed by atoms with Gasteiger partial charge in [-0.3, -0.25) is 4.57 Å². The number of carbonyl (C=O) groups excluding carboxylic acids is 1. The Morgan fingerprint density at radius 1 is 1.14 bits per heavy atom. The van der Waals surface area contributed by atoms with Gasteiger partial charge in [-0.25, -0.2) is 14.8 Å². The Morgan fingerprint density at radius 3 is 2.64 bits per heavy atom. The van der Waals surface area contributed by atoms with E-state index in [1.807, 2.05) is 55.9 Å². The lowest BCUT2D eigenvalue weighted by molar-refractivity contribution is -0.0298. The summed E-state index contributed by atoms with van der Waals surface area (Å²) < 4.78 is 18.8. The smallest absolute Gasteiger partial charge is 0.407 e. The van der Waals surface area contributed by atoms with Gasteiger partial charge in [-0.2, -0.15) is 4.98 Å². The molecule has 0 radical (unpaired) electrons. The molecule has 2 saturated heterocycles. The fourth-order valence-corrected chi connectivity index (χ4v) is 4.68. The monoisotopic (exact) mass is 494 g/mol. The number of hydrogen-bond donors (Lipinski definition) is 1. The van der Waals surface area contributed by atoms with Crippen molar-refractivity contribution in [1.29, 1.82) is 0 Å². The van der Waals surface area contributed by atoms with E-state index in [1.165, 1.54) is 0 Å². The van der Waals surface area contributed by atoms with Crippen LogP contribution in [0.5, 0.6) is 5.75 Å². The first kappa shape index (κ1) is 24.3. The first-order valence-electron chi connectivity index (χ1n) is 12.6. The molecule has 2 fully saturated rings. The maximum absolute atomic E-state index is 12.3. The zero-order chi connectivity index (χ0) is 25.3. The minimum absolute atomic E-state index is 0.0461. The summed E-state index contributed by atoms with van der Waals surface area (Å²) in [6, 6.07) is 7.76. The number of imidazole rings is 1. The van der Waals surface area contributed by atoms with Gasteiger partial charge >= 0.3 is 6.09 Å². The molecule has 10 nitrogen and oxygen atoms in total. The van der Waals surface area contributed by atoms with Crippen LogP contribution in [0.3, 0.4) is 0 Å². The lowest BCUT2D eigenvalue weighted by Gasteiger charge is -2.24. The molecule has 2 aliphatic heterocycles. The first-order chi connectivity index (χ1) is 17.3. The summed E-state index contributed by atoms with van der Waals surface area (Å²) >= 11 is 0. The number of amides is 1. The summed E-state index contributed by atoms with van der Waals surface area (Å²) in [7, 11) is 1.65. The number of fused-ring (bicyclic) bond motifs is 1. The second kappa shape index (κ2) is 9.93. The molecule has 1 unspecified atom stereocenters. The number of hydrogen-bond acceptors (Lipinski definition) is 8. The minimum atomic E-state index is -0.538. The van der Waals surface area contributed by atoms with Gasteiger partial charge in [0.1, 0.15) is 28.8 Å². The highest BCUT2D eigenvalue weighted by atomic mass is 16.6. The van der Waals surface area contributed by atoms with Crippen LogP contribution in [0.2, 0.25) is 0 Å². The number of benzene rings is 1. The van der Waals surface area contributed by atoms with E-state index in [1.54, 1.807) is 7.11 Å². The van der Waals surface area contributed by atoms with Crippen LogP contribution in [-0.4, -0.2) is 64.1 Å². The van der Waals surface area contributed by atoms with Gasteiger partial charge in [0.25, 0.3) is 0 Å². The third kappa shape index (κ3) is 5.23. The number of nitrogens with zero attached hydrogens (tertiary/aromatic N) is 5.